The van der Waals surface area contributed by atoms with Crippen molar-refractivity contribution in [2.75, 3.05) is 25.1 Å². The lowest BCUT2D eigenvalue weighted by Gasteiger charge is -2.24. The van der Waals surface area contributed by atoms with E-state index in [9.17, 15) is 9.90 Å². The largest absolute Gasteiger partial charge is 0.491 e. The summed E-state index contributed by atoms with van der Waals surface area (Å²) in [6, 6.07) is 15.6. The Bertz CT molecular complexity index is 801. The number of benzene rings is 2. The van der Waals surface area contributed by atoms with Crippen molar-refractivity contribution in [2.45, 2.75) is 19.4 Å². The molecule has 0 aliphatic rings. The molecule has 0 bridgehead atoms. The van der Waals surface area contributed by atoms with Crippen LogP contribution in [0.3, 0.4) is 0 Å². The van der Waals surface area contributed by atoms with Gasteiger partial charge in [0.15, 0.2) is 0 Å². The van der Waals surface area contributed by atoms with Crippen molar-refractivity contribution in [3.05, 3.63) is 59.7 Å². The molecule has 0 spiro atoms. The molecule has 2 rings (SSSR count). The Morgan fingerprint density at radius 3 is 2.57 bits per heavy atom. The lowest BCUT2D eigenvalue weighted by Crippen LogP contribution is -2.22. The van der Waals surface area contributed by atoms with Gasteiger partial charge in [-0.25, -0.2) is 4.79 Å². The second-order valence-corrected chi connectivity index (χ2v) is 6.27. The summed E-state index contributed by atoms with van der Waals surface area (Å²) in [6.45, 7) is 1.93. The maximum atomic E-state index is 12.4. The van der Waals surface area contributed by atoms with E-state index in [1.807, 2.05) is 19.1 Å². The van der Waals surface area contributed by atoms with E-state index < -0.39 is 12.2 Å². The number of ether oxygens (including phenoxy) is 2. The highest BCUT2D eigenvalue weighted by atomic mass is 16.6. The number of nitriles is 1. The molecule has 2 aromatic rings. The number of carbonyl (C=O) groups is 1. The molecule has 2 atom stereocenters. The first-order valence-corrected chi connectivity index (χ1v) is 8.99. The van der Waals surface area contributed by atoms with E-state index in [4.69, 9.17) is 19.8 Å². The van der Waals surface area contributed by atoms with Crippen LogP contribution in [0.4, 0.5) is 10.5 Å². The highest BCUT2D eigenvalue weighted by molar-refractivity contribution is 5.84. The van der Waals surface area contributed by atoms with Crippen molar-refractivity contribution in [2.24, 2.45) is 5.92 Å². The van der Waals surface area contributed by atoms with Crippen molar-refractivity contribution in [1.29, 1.82) is 5.26 Å². The van der Waals surface area contributed by atoms with Crippen molar-refractivity contribution in [3.63, 3.8) is 0 Å². The SMILES string of the molecule is C[C@H](CCO)[C@@H](OC(=O)Nc1ccc(C#N)cc1)c1cccc(OCCO)c1. The quantitative estimate of drug-likeness (QED) is 0.612. The zero-order chi connectivity index (χ0) is 20.4. The second kappa shape index (κ2) is 10.9. The summed E-state index contributed by atoms with van der Waals surface area (Å²) in [5.41, 5.74) is 1.73. The van der Waals surface area contributed by atoms with Gasteiger partial charge < -0.3 is 19.7 Å². The second-order valence-electron chi connectivity index (χ2n) is 6.27. The normalized spacial score (nSPS) is 12.5. The van der Waals surface area contributed by atoms with Crippen molar-refractivity contribution in [3.8, 4) is 11.8 Å². The molecular weight excluding hydrogens is 360 g/mol. The molecule has 7 heteroatoms. The molecule has 0 fully saturated rings. The number of nitrogens with one attached hydrogen (secondary N) is 1. The van der Waals surface area contributed by atoms with Crippen LogP contribution in [-0.2, 0) is 4.74 Å². The number of rotatable bonds is 9. The molecule has 0 aliphatic heterocycles. The molecule has 1 amide bonds. The molecule has 0 heterocycles. The summed E-state index contributed by atoms with van der Waals surface area (Å²) in [4.78, 5) is 12.4. The maximum Gasteiger partial charge on any atom is 0.412 e. The van der Waals surface area contributed by atoms with Crippen LogP contribution in [0.25, 0.3) is 0 Å². The number of amides is 1. The van der Waals surface area contributed by atoms with Gasteiger partial charge in [-0.1, -0.05) is 19.1 Å². The van der Waals surface area contributed by atoms with Gasteiger partial charge in [0.1, 0.15) is 18.5 Å². The van der Waals surface area contributed by atoms with Crippen LogP contribution in [0.1, 0.15) is 30.6 Å². The molecule has 7 nitrogen and oxygen atoms in total. The third-order valence-electron chi connectivity index (χ3n) is 4.14. The van der Waals surface area contributed by atoms with Gasteiger partial charge in [-0.05, 0) is 54.3 Å². The third kappa shape index (κ3) is 6.27. The Labute approximate surface area is 164 Å². The Morgan fingerprint density at radius 2 is 1.93 bits per heavy atom. The third-order valence-corrected chi connectivity index (χ3v) is 4.14. The van der Waals surface area contributed by atoms with Crippen LogP contribution < -0.4 is 10.1 Å². The van der Waals surface area contributed by atoms with Gasteiger partial charge in [-0.3, -0.25) is 5.32 Å². The van der Waals surface area contributed by atoms with Crippen molar-refractivity contribution in [1.82, 2.24) is 0 Å². The Balaban J connectivity index is 2.13. The van der Waals surface area contributed by atoms with Gasteiger partial charge in [-0.2, -0.15) is 5.26 Å². The standard InChI is InChI=1S/C21H24N2O5/c1-15(9-10-24)20(17-3-2-4-19(13-17)27-12-11-25)28-21(26)23-18-7-5-16(14-22)6-8-18/h2-8,13,15,20,24-25H,9-12H2,1H3,(H,23,26)/t15-,20-/m1/s1. The lowest BCUT2D eigenvalue weighted by atomic mass is 9.94. The number of aliphatic hydroxyl groups excluding tert-OH is 2. The van der Waals surface area contributed by atoms with Gasteiger partial charge >= 0.3 is 6.09 Å². The van der Waals surface area contributed by atoms with Crippen molar-refractivity contribution >= 4 is 11.8 Å². The highest BCUT2D eigenvalue weighted by Gasteiger charge is 2.24. The summed E-state index contributed by atoms with van der Waals surface area (Å²) in [5, 5.41) is 29.7. The Kier molecular flexibility index (Phi) is 8.28. The molecule has 3 N–H and O–H groups in total. The number of hydrogen-bond acceptors (Lipinski definition) is 6. The van der Waals surface area contributed by atoms with Crippen molar-refractivity contribution < 1.29 is 24.5 Å². The molecule has 2 aromatic carbocycles. The van der Waals surface area contributed by atoms with Crippen LogP contribution in [0, 0.1) is 17.2 Å². The average Bonchev–Trinajstić information content (AvgIpc) is 2.71. The topological polar surface area (TPSA) is 112 Å². The zero-order valence-corrected chi connectivity index (χ0v) is 15.7. The smallest absolute Gasteiger partial charge is 0.412 e. The van der Waals surface area contributed by atoms with E-state index >= 15 is 0 Å². The first-order valence-electron chi connectivity index (χ1n) is 8.99. The Morgan fingerprint density at radius 1 is 1.18 bits per heavy atom. The van der Waals surface area contributed by atoms with Crippen LogP contribution in [0.15, 0.2) is 48.5 Å². The fourth-order valence-electron chi connectivity index (χ4n) is 2.70. The van der Waals surface area contributed by atoms with Gasteiger partial charge in [0.05, 0.1) is 18.2 Å². The lowest BCUT2D eigenvalue weighted by molar-refractivity contribution is 0.0665. The molecule has 148 valence electrons. The Hall–Kier alpha value is -3.08. The summed E-state index contributed by atoms with van der Waals surface area (Å²) in [5.74, 6) is 0.425. The highest BCUT2D eigenvalue weighted by Crippen LogP contribution is 2.31. The predicted molar refractivity (Wildman–Crippen MR) is 104 cm³/mol. The molecule has 0 saturated heterocycles. The van der Waals surface area contributed by atoms with Gasteiger partial charge in [0.25, 0.3) is 0 Å². The summed E-state index contributed by atoms with van der Waals surface area (Å²) >= 11 is 0. The van der Waals surface area contributed by atoms with Gasteiger partial charge in [0, 0.05) is 12.3 Å². The van der Waals surface area contributed by atoms with E-state index in [2.05, 4.69) is 5.32 Å². The van der Waals surface area contributed by atoms with Crippen LogP contribution in [0.5, 0.6) is 5.75 Å². The van der Waals surface area contributed by atoms with Crippen LogP contribution >= 0.6 is 0 Å². The van der Waals surface area contributed by atoms with Gasteiger partial charge in [0.2, 0.25) is 0 Å². The minimum absolute atomic E-state index is 0.0288. The molecule has 0 radical (unpaired) electrons. The number of hydrogen-bond donors (Lipinski definition) is 3. The number of carbonyl (C=O) groups excluding carboxylic acids is 1. The molecule has 0 saturated carbocycles. The van der Waals surface area contributed by atoms with E-state index in [-0.39, 0.29) is 25.7 Å². The predicted octanol–water partition coefficient (Wildman–Crippen LogP) is 3.24. The fraction of sp³-hybridized carbons (Fsp3) is 0.333. The first-order chi connectivity index (χ1) is 13.6. The molecule has 0 aromatic heterocycles. The number of nitrogens with zero attached hydrogens (tertiary/aromatic N) is 1. The molecule has 0 aliphatic carbocycles. The van der Waals surface area contributed by atoms with E-state index in [1.54, 1.807) is 42.5 Å². The van der Waals surface area contributed by atoms with E-state index in [0.717, 1.165) is 5.56 Å². The summed E-state index contributed by atoms with van der Waals surface area (Å²) < 4.78 is 11.1. The molecule has 0 unspecified atom stereocenters. The van der Waals surface area contributed by atoms with Crippen LogP contribution in [0.2, 0.25) is 0 Å². The fourth-order valence-corrected chi connectivity index (χ4v) is 2.70. The summed E-state index contributed by atoms with van der Waals surface area (Å²) in [6.07, 6.45) is -0.777. The van der Waals surface area contributed by atoms with E-state index in [0.29, 0.717) is 23.4 Å². The number of anilines is 1. The monoisotopic (exact) mass is 384 g/mol. The van der Waals surface area contributed by atoms with E-state index in [1.165, 1.54) is 0 Å². The average molecular weight is 384 g/mol. The summed E-state index contributed by atoms with van der Waals surface area (Å²) in [7, 11) is 0. The molecular formula is C21H24N2O5. The van der Waals surface area contributed by atoms with Gasteiger partial charge in [-0.15, -0.1) is 0 Å². The van der Waals surface area contributed by atoms with Crippen LogP contribution in [-0.4, -0.2) is 36.1 Å². The number of aliphatic hydroxyl groups is 2. The molecule has 28 heavy (non-hydrogen) atoms. The maximum absolute atomic E-state index is 12.4. The first kappa shape index (κ1) is 21.2. The minimum Gasteiger partial charge on any atom is -0.491 e. The minimum atomic E-state index is -0.638. The zero-order valence-electron chi connectivity index (χ0n) is 15.7.